The Bertz CT molecular complexity index is 1680. The first kappa shape index (κ1) is 31.9. The second-order valence-corrected chi connectivity index (χ2v) is 13.4. The number of benzene rings is 4. The van der Waals surface area contributed by atoms with Gasteiger partial charge in [0.1, 0.15) is 18.4 Å². The molecule has 45 heavy (non-hydrogen) atoms. The van der Waals surface area contributed by atoms with Crippen LogP contribution in [0.25, 0.3) is 0 Å². The number of nitrogens with zero attached hydrogens (tertiary/aromatic N) is 2. The van der Waals surface area contributed by atoms with Gasteiger partial charge in [-0.2, -0.15) is 0 Å². The monoisotopic (exact) mass is 627 g/mol. The Morgan fingerprint density at radius 2 is 1.42 bits per heavy atom. The van der Waals surface area contributed by atoms with Crippen LogP contribution >= 0.6 is 0 Å². The normalized spacial score (nSPS) is 14.1. The number of hydrogen-bond donors (Lipinski definition) is 1. The minimum Gasteiger partial charge on any atom is -0.352 e. The summed E-state index contributed by atoms with van der Waals surface area (Å²) in [5.41, 5.74) is 3.02. The zero-order chi connectivity index (χ0) is 31.8. The predicted octanol–water partition coefficient (Wildman–Crippen LogP) is 6.03. The zero-order valence-corrected chi connectivity index (χ0v) is 26.1. The highest BCUT2D eigenvalue weighted by Gasteiger charge is 2.35. The van der Waals surface area contributed by atoms with Gasteiger partial charge in [-0.1, -0.05) is 91.2 Å². The van der Waals surface area contributed by atoms with Gasteiger partial charge >= 0.3 is 0 Å². The van der Waals surface area contributed by atoms with Gasteiger partial charge in [-0.3, -0.25) is 13.9 Å². The van der Waals surface area contributed by atoms with Gasteiger partial charge in [0.2, 0.25) is 11.8 Å². The number of anilines is 1. The van der Waals surface area contributed by atoms with E-state index in [1.165, 1.54) is 17.0 Å². The molecule has 0 heterocycles. The van der Waals surface area contributed by atoms with E-state index in [2.05, 4.69) is 5.32 Å². The van der Waals surface area contributed by atoms with Crippen molar-refractivity contribution in [2.45, 2.75) is 62.6 Å². The Labute approximate surface area is 264 Å². The molecule has 7 nitrogen and oxygen atoms in total. The van der Waals surface area contributed by atoms with Gasteiger partial charge in [-0.05, 0) is 67.3 Å². The van der Waals surface area contributed by atoms with Gasteiger partial charge in [0.05, 0.1) is 10.6 Å². The Hall–Kier alpha value is -4.50. The van der Waals surface area contributed by atoms with E-state index in [-0.39, 0.29) is 35.5 Å². The molecule has 2 amide bonds. The Morgan fingerprint density at radius 1 is 0.822 bits per heavy atom. The summed E-state index contributed by atoms with van der Waals surface area (Å²) in [4.78, 5) is 29.9. The summed E-state index contributed by atoms with van der Waals surface area (Å²) >= 11 is 0. The second kappa shape index (κ2) is 14.5. The summed E-state index contributed by atoms with van der Waals surface area (Å²) in [6, 6.07) is 29.2. The van der Waals surface area contributed by atoms with Gasteiger partial charge in [0.15, 0.2) is 0 Å². The second-order valence-electron chi connectivity index (χ2n) is 11.5. The van der Waals surface area contributed by atoms with Crippen molar-refractivity contribution in [3.63, 3.8) is 0 Å². The fourth-order valence-electron chi connectivity index (χ4n) is 5.67. The fourth-order valence-corrected chi connectivity index (χ4v) is 7.08. The smallest absolute Gasteiger partial charge is 0.264 e. The first-order valence-electron chi connectivity index (χ1n) is 15.2. The Kier molecular flexibility index (Phi) is 10.3. The van der Waals surface area contributed by atoms with Crippen molar-refractivity contribution >= 4 is 27.5 Å². The van der Waals surface area contributed by atoms with Crippen molar-refractivity contribution in [3.8, 4) is 0 Å². The maximum atomic E-state index is 14.5. The van der Waals surface area contributed by atoms with Crippen LogP contribution in [0.15, 0.2) is 114 Å². The molecule has 5 rings (SSSR count). The summed E-state index contributed by atoms with van der Waals surface area (Å²) in [6.07, 6.45) is 4.09. The van der Waals surface area contributed by atoms with Crippen LogP contribution in [0.2, 0.25) is 0 Å². The summed E-state index contributed by atoms with van der Waals surface area (Å²) < 4.78 is 42.7. The Balaban J connectivity index is 1.54. The lowest BCUT2D eigenvalue weighted by Gasteiger charge is -2.34. The first-order valence-corrected chi connectivity index (χ1v) is 16.7. The average molecular weight is 628 g/mol. The summed E-state index contributed by atoms with van der Waals surface area (Å²) in [5, 5.41) is 3.18. The molecule has 0 spiro atoms. The fraction of sp³-hybridized carbons (Fsp3) is 0.278. The molecule has 1 N–H and O–H groups in total. The van der Waals surface area contributed by atoms with Crippen LogP contribution in [-0.2, 0) is 32.6 Å². The van der Waals surface area contributed by atoms with Crippen LogP contribution in [0, 0.1) is 12.7 Å². The van der Waals surface area contributed by atoms with Gasteiger partial charge in [0, 0.05) is 19.0 Å². The van der Waals surface area contributed by atoms with Crippen LogP contribution in [0.4, 0.5) is 10.1 Å². The van der Waals surface area contributed by atoms with Crippen LogP contribution < -0.4 is 9.62 Å². The van der Waals surface area contributed by atoms with Crippen LogP contribution in [0.3, 0.4) is 0 Å². The SMILES string of the molecule is Cc1ccc(CN(C(=O)CN(c2ccccc2)S(=O)(=O)c2ccc(F)cc2)[C@H](Cc2ccccc2)C(=O)NC2CCCC2)cc1. The molecule has 1 aliphatic carbocycles. The summed E-state index contributed by atoms with van der Waals surface area (Å²) in [5.74, 6) is -1.37. The number of carbonyl (C=O) groups excluding carboxylic acids is 2. The van der Waals surface area contributed by atoms with E-state index in [1.807, 2.05) is 61.5 Å². The minimum absolute atomic E-state index is 0.0340. The number of rotatable bonds is 12. The topological polar surface area (TPSA) is 86.8 Å². The molecule has 1 fully saturated rings. The maximum Gasteiger partial charge on any atom is 0.264 e. The molecule has 0 aliphatic heterocycles. The van der Waals surface area contributed by atoms with Crippen LogP contribution in [0.5, 0.6) is 0 Å². The number of para-hydroxylation sites is 1. The van der Waals surface area contributed by atoms with Gasteiger partial charge < -0.3 is 10.2 Å². The molecule has 4 aromatic rings. The van der Waals surface area contributed by atoms with Crippen molar-refractivity contribution in [2.24, 2.45) is 0 Å². The third-order valence-corrected chi connectivity index (χ3v) is 9.96. The van der Waals surface area contributed by atoms with Crippen LogP contribution in [-0.4, -0.2) is 43.8 Å². The lowest BCUT2D eigenvalue weighted by Crippen LogP contribution is -2.54. The number of sulfonamides is 1. The highest BCUT2D eigenvalue weighted by Crippen LogP contribution is 2.26. The molecule has 0 unspecified atom stereocenters. The lowest BCUT2D eigenvalue weighted by atomic mass is 10.0. The van der Waals surface area contributed by atoms with E-state index < -0.39 is 34.3 Å². The van der Waals surface area contributed by atoms with Gasteiger partial charge in [-0.15, -0.1) is 0 Å². The molecule has 9 heteroatoms. The molecule has 1 saturated carbocycles. The molecule has 0 radical (unpaired) electrons. The third kappa shape index (κ3) is 8.16. The average Bonchev–Trinajstić information content (AvgIpc) is 3.56. The molecular weight excluding hydrogens is 589 g/mol. The van der Waals surface area contributed by atoms with E-state index in [0.717, 1.165) is 58.8 Å². The zero-order valence-electron chi connectivity index (χ0n) is 25.3. The molecule has 4 aromatic carbocycles. The van der Waals surface area contributed by atoms with Crippen molar-refractivity contribution in [1.29, 1.82) is 0 Å². The summed E-state index contributed by atoms with van der Waals surface area (Å²) in [7, 11) is -4.28. The van der Waals surface area contributed by atoms with Crippen molar-refractivity contribution in [2.75, 3.05) is 10.8 Å². The molecule has 0 saturated heterocycles. The number of carbonyl (C=O) groups is 2. The summed E-state index contributed by atoms with van der Waals surface area (Å²) in [6.45, 7) is 1.52. The molecule has 1 atom stereocenters. The largest absolute Gasteiger partial charge is 0.352 e. The molecule has 0 aromatic heterocycles. The van der Waals surface area contributed by atoms with E-state index in [9.17, 15) is 22.4 Å². The van der Waals surface area contributed by atoms with E-state index >= 15 is 0 Å². The minimum atomic E-state index is -4.28. The number of amides is 2. The van der Waals surface area contributed by atoms with Gasteiger partial charge in [-0.25, -0.2) is 12.8 Å². The van der Waals surface area contributed by atoms with Gasteiger partial charge in [0.25, 0.3) is 10.0 Å². The van der Waals surface area contributed by atoms with Crippen LogP contribution in [0.1, 0.15) is 42.4 Å². The quantitative estimate of drug-likeness (QED) is 0.208. The van der Waals surface area contributed by atoms with Crippen molar-refractivity contribution in [1.82, 2.24) is 10.2 Å². The predicted molar refractivity (Wildman–Crippen MR) is 173 cm³/mol. The Morgan fingerprint density at radius 3 is 2.04 bits per heavy atom. The first-order chi connectivity index (χ1) is 21.7. The molecule has 1 aliphatic rings. The van der Waals surface area contributed by atoms with Crippen molar-refractivity contribution < 1.29 is 22.4 Å². The highest BCUT2D eigenvalue weighted by molar-refractivity contribution is 7.92. The van der Waals surface area contributed by atoms with Crippen molar-refractivity contribution in [3.05, 3.63) is 132 Å². The number of nitrogens with one attached hydrogen (secondary N) is 1. The lowest BCUT2D eigenvalue weighted by molar-refractivity contribution is -0.140. The van der Waals surface area contributed by atoms with E-state index in [0.29, 0.717) is 0 Å². The number of halogens is 1. The highest BCUT2D eigenvalue weighted by atomic mass is 32.2. The van der Waals surface area contributed by atoms with E-state index in [4.69, 9.17) is 0 Å². The maximum absolute atomic E-state index is 14.5. The molecule has 0 bridgehead atoms. The number of hydrogen-bond acceptors (Lipinski definition) is 4. The third-order valence-electron chi connectivity index (χ3n) is 8.17. The molecular formula is C36H38FN3O4S. The number of aryl methyl sites for hydroxylation is 1. The molecule has 234 valence electrons. The van der Waals surface area contributed by atoms with E-state index in [1.54, 1.807) is 30.3 Å². The standard InChI is InChI=1S/C36H38FN3O4S/c1-27-16-18-29(19-17-27)25-39(34(24-28-10-4-2-5-11-28)36(42)38-31-12-8-9-13-31)35(41)26-40(32-14-6-3-7-15-32)45(43,44)33-22-20-30(37)21-23-33/h2-7,10-11,14-23,31,34H,8-9,12-13,24-26H2,1H3,(H,38,42)/t34-/m1/s1.